The van der Waals surface area contributed by atoms with Gasteiger partial charge < -0.3 is 14.7 Å². The summed E-state index contributed by atoms with van der Waals surface area (Å²) in [7, 11) is 1.61. The van der Waals surface area contributed by atoms with E-state index in [0.717, 1.165) is 54.2 Å². The number of methoxy groups -OCH3 is 1. The van der Waals surface area contributed by atoms with Crippen molar-refractivity contribution in [1.29, 1.82) is 0 Å². The lowest BCUT2D eigenvalue weighted by Crippen LogP contribution is -2.43. The molecular formula is C27H32ClFN2O2S. The highest BCUT2D eigenvalue weighted by molar-refractivity contribution is 7.99. The first kappa shape index (κ1) is 25.2. The van der Waals surface area contributed by atoms with Crippen LogP contribution in [-0.4, -0.2) is 54.1 Å². The Kier molecular flexibility index (Phi) is 9.06. The van der Waals surface area contributed by atoms with Crippen molar-refractivity contribution < 1.29 is 14.2 Å². The van der Waals surface area contributed by atoms with E-state index in [9.17, 15) is 5.11 Å². The van der Waals surface area contributed by atoms with Crippen LogP contribution in [0.1, 0.15) is 31.0 Å². The van der Waals surface area contributed by atoms with Crippen LogP contribution in [-0.2, 0) is 0 Å². The number of aromatic nitrogens is 1. The Bertz CT molecular complexity index is 1070. The maximum atomic E-state index is 15.4. The summed E-state index contributed by atoms with van der Waals surface area (Å²) >= 11 is 7.78. The molecule has 2 heterocycles. The summed E-state index contributed by atoms with van der Waals surface area (Å²) in [6.07, 6.45) is 2.82. The highest BCUT2D eigenvalue weighted by atomic mass is 35.5. The third kappa shape index (κ3) is 6.42. The number of halogens is 2. The number of aliphatic hydroxyl groups is 1. The number of pyridine rings is 1. The van der Waals surface area contributed by atoms with Gasteiger partial charge >= 0.3 is 0 Å². The summed E-state index contributed by atoms with van der Waals surface area (Å²) in [5, 5.41) is 11.6. The van der Waals surface area contributed by atoms with Gasteiger partial charge in [-0.2, -0.15) is 0 Å². The lowest BCUT2D eigenvalue weighted by atomic mass is 9.81. The van der Waals surface area contributed by atoms with E-state index in [2.05, 4.69) is 9.88 Å². The monoisotopic (exact) mass is 502 g/mol. The topological polar surface area (TPSA) is 45.6 Å². The summed E-state index contributed by atoms with van der Waals surface area (Å²) in [5.41, 5.74) is 1.44. The van der Waals surface area contributed by atoms with Crippen molar-refractivity contribution in [3.05, 3.63) is 65.3 Å². The molecule has 1 aliphatic heterocycles. The van der Waals surface area contributed by atoms with Crippen LogP contribution in [0.15, 0.2) is 59.6 Å². The molecule has 0 amide bonds. The molecule has 1 aromatic heterocycles. The van der Waals surface area contributed by atoms with Crippen molar-refractivity contribution in [2.24, 2.45) is 11.8 Å². The van der Waals surface area contributed by atoms with E-state index in [4.69, 9.17) is 16.3 Å². The molecule has 0 unspecified atom stereocenters. The summed E-state index contributed by atoms with van der Waals surface area (Å²) in [4.78, 5) is 8.00. The summed E-state index contributed by atoms with van der Waals surface area (Å²) in [6.45, 7) is 2.99. The van der Waals surface area contributed by atoms with E-state index in [1.807, 2.05) is 54.2 Å². The second kappa shape index (κ2) is 12.2. The SMILES string of the molecule is COc1ccc2nccc([C@H](F)CC[C@@H]3CCN(CCSc4ccc(Cl)cc4)C[C@@H]3CO)c2c1. The quantitative estimate of drug-likeness (QED) is 0.324. The molecule has 1 fully saturated rings. The fourth-order valence-corrected chi connectivity index (χ4v) is 5.87. The smallest absolute Gasteiger partial charge is 0.126 e. The molecule has 0 saturated carbocycles. The number of alkyl halides is 1. The number of thioether (sulfide) groups is 1. The van der Waals surface area contributed by atoms with E-state index in [0.29, 0.717) is 23.7 Å². The number of benzene rings is 2. The van der Waals surface area contributed by atoms with Crippen LogP contribution in [0.3, 0.4) is 0 Å². The van der Waals surface area contributed by atoms with Gasteiger partial charge in [0.05, 0.1) is 12.6 Å². The van der Waals surface area contributed by atoms with E-state index < -0.39 is 6.17 Å². The Balaban J connectivity index is 1.29. The first-order chi connectivity index (χ1) is 16.6. The molecule has 7 heteroatoms. The number of likely N-dealkylation sites (tertiary alicyclic amines) is 1. The summed E-state index contributed by atoms with van der Waals surface area (Å²) in [6, 6.07) is 15.3. The van der Waals surface area contributed by atoms with Crippen molar-refractivity contribution in [1.82, 2.24) is 9.88 Å². The standard InChI is InChI=1S/C27H32ClFN2O2S/c1-33-22-5-9-27-25(16-22)24(10-12-30-27)26(29)8-2-19-11-13-31(17-20(19)18-32)14-15-34-23-6-3-21(28)4-7-23/h3-7,9-10,12,16,19-20,26,32H,2,8,11,13-15,17-18H2,1H3/t19-,20-,26-/m1/s1. The van der Waals surface area contributed by atoms with Gasteiger partial charge in [0, 0.05) is 47.0 Å². The van der Waals surface area contributed by atoms with Crippen LogP contribution in [0.4, 0.5) is 4.39 Å². The minimum Gasteiger partial charge on any atom is -0.497 e. The lowest BCUT2D eigenvalue weighted by Gasteiger charge is -2.38. The van der Waals surface area contributed by atoms with E-state index in [-0.39, 0.29) is 12.5 Å². The first-order valence-electron chi connectivity index (χ1n) is 11.9. The summed E-state index contributed by atoms with van der Waals surface area (Å²) < 4.78 is 20.7. The predicted molar refractivity (Wildman–Crippen MR) is 139 cm³/mol. The van der Waals surface area contributed by atoms with Gasteiger partial charge in [0.1, 0.15) is 11.9 Å². The van der Waals surface area contributed by atoms with Gasteiger partial charge in [-0.05, 0) is 91.7 Å². The number of fused-ring (bicyclic) bond motifs is 1. The molecule has 2 aromatic carbocycles. The molecule has 1 aliphatic rings. The molecule has 182 valence electrons. The highest BCUT2D eigenvalue weighted by Crippen LogP contribution is 2.35. The molecule has 34 heavy (non-hydrogen) atoms. The molecule has 4 nitrogen and oxygen atoms in total. The van der Waals surface area contributed by atoms with Crippen molar-refractivity contribution >= 4 is 34.3 Å². The van der Waals surface area contributed by atoms with Crippen molar-refractivity contribution in [2.75, 3.05) is 39.1 Å². The maximum absolute atomic E-state index is 15.4. The molecule has 0 aliphatic carbocycles. The number of rotatable bonds is 10. The number of aliphatic hydroxyl groups excluding tert-OH is 1. The van der Waals surface area contributed by atoms with Gasteiger partial charge in [0.15, 0.2) is 0 Å². The second-order valence-electron chi connectivity index (χ2n) is 8.92. The molecule has 3 aromatic rings. The third-order valence-corrected chi connectivity index (χ3v) is 8.05. The third-order valence-electron chi connectivity index (χ3n) is 6.81. The van der Waals surface area contributed by atoms with Gasteiger partial charge in [-0.1, -0.05) is 11.6 Å². The molecular weight excluding hydrogens is 471 g/mol. The second-order valence-corrected chi connectivity index (χ2v) is 10.5. The maximum Gasteiger partial charge on any atom is 0.126 e. The largest absolute Gasteiger partial charge is 0.497 e. The van der Waals surface area contributed by atoms with Gasteiger partial charge in [0.25, 0.3) is 0 Å². The van der Waals surface area contributed by atoms with Crippen LogP contribution < -0.4 is 4.74 Å². The fourth-order valence-electron chi connectivity index (χ4n) is 4.83. The highest BCUT2D eigenvalue weighted by Gasteiger charge is 2.29. The van der Waals surface area contributed by atoms with Crippen LogP contribution in [0.5, 0.6) is 5.75 Å². The molecule has 1 saturated heterocycles. The molecule has 0 radical (unpaired) electrons. The Morgan fingerprint density at radius 3 is 2.79 bits per heavy atom. The Hall–Kier alpha value is -1.86. The van der Waals surface area contributed by atoms with E-state index >= 15 is 4.39 Å². The molecule has 3 atom stereocenters. The van der Waals surface area contributed by atoms with Crippen LogP contribution in [0, 0.1) is 11.8 Å². The van der Waals surface area contributed by atoms with E-state index in [1.165, 1.54) is 4.90 Å². The predicted octanol–water partition coefficient (Wildman–Crippen LogP) is 6.41. The van der Waals surface area contributed by atoms with Crippen molar-refractivity contribution in [3.8, 4) is 5.75 Å². The van der Waals surface area contributed by atoms with Gasteiger partial charge in [-0.25, -0.2) is 4.39 Å². The molecule has 0 spiro atoms. The normalized spacial score (nSPS) is 19.9. The Morgan fingerprint density at radius 2 is 2.03 bits per heavy atom. The average molecular weight is 503 g/mol. The first-order valence-corrected chi connectivity index (χ1v) is 13.2. The van der Waals surface area contributed by atoms with Gasteiger partial charge in [0.2, 0.25) is 0 Å². The average Bonchev–Trinajstić information content (AvgIpc) is 2.88. The van der Waals surface area contributed by atoms with Crippen molar-refractivity contribution in [3.63, 3.8) is 0 Å². The Morgan fingerprint density at radius 1 is 1.21 bits per heavy atom. The zero-order chi connectivity index (χ0) is 23.9. The number of hydrogen-bond donors (Lipinski definition) is 1. The minimum atomic E-state index is -1.06. The fraction of sp³-hybridized carbons (Fsp3) is 0.444. The van der Waals surface area contributed by atoms with Crippen LogP contribution in [0.25, 0.3) is 10.9 Å². The summed E-state index contributed by atoms with van der Waals surface area (Å²) in [5.74, 6) is 2.23. The van der Waals surface area contributed by atoms with E-state index in [1.54, 1.807) is 19.4 Å². The number of piperidine rings is 1. The van der Waals surface area contributed by atoms with Crippen molar-refractivity contribution in [2.45, 2.75) is 30.3 Å². The van der Waals surface area contributed by atoms with Gasteiger partial charge in [-0.3, -0.25) is 4.98 Å². The van der Waals surface area contributed by atoms with Gasteiger partial charge in [-0.15, -0.1) is 11.8 Å². The van der Waals surface area contributed by atoms with Crippen LogP contribution in [0.2, 0.25) is 5.02 Å². The minimum absolute atomic E-state index is 0.151. The van der Waals surface area contributed by atoms with Crippen LogP contribution >= 0.6 is 23.4 Å². The molecule has 0 bridgehead atoms. The molecule has 1 N–H and O–H groups in total. The zero-order valence-corrected chi connectivity index (χ0v) is 21.1. The number of nitrogens with zero attached hydrogens (tertiary/aromatic N) is 2. The zero-order valence-electron chi connectivity index (χ0n) is 19.5. The number of hydrogen-bond acceptors (Lipinski definition) is 5. The number of ether oxygens (including phenoxy) is 1. The lowest BCUT2D eigenvalue weighted by molar-refractivity contribution is 0.0672. The Labute approximate surface area is 210 Å². The molecule has 4 rings (SSSR count).